The van der Waals surface area contributed by atoms with Crippen LogP contribution in [0.5, 0.6) is 0 Å². The van der Waals surface area contributed by atoms with E-state index in [9.17, 15) is 19.5 Å². The molecule has 7 nitrogen and oxygen atoms in total. The Hall–Kier alpha value is -4.13. The summed E-state index contributed by atoms with van der Waals surface area (Å²) in [5.41, 5.74) is 4.62. The summed E-state index contributed by atoms with van der Waals surface area (Å²) in [6.45, 7) is 2.03. The van der Waals surface area contributed by atoms with Crippen molar-refractivity contribution in [2.75, 3.05) is 11.9 Å². The number of rotatable bonds is 8. The first kappa shape index (κ1) is 23.0. The summed E-state index contributed by atoms with van der Waals surface area (Å²) >= 11 is 0. The number of carboxylic acids is 1. The Labute approximate surface area is 197 Å². The van der Waals surface area contributed by atoms with Crippen LogP contribution in [0.25, 0.3) is 11.1 Å². The third-order valence-electron chi connectivity index (χ3n) is 5.94. The number of benzene rings is 3. The molecule has 34 heavy (non-hydrogen) atoms. The van der Waals surface area contributed by atoms with Crippen molar-refractivity contribution in [3.05, 3.63) is 89.5 Å². The van der Waals surface area contributed by atoms with Gasteiger partial charge in [-0.2, -0.15) is 0 Å². The van der Waals surface area contributed by atoms with Crippen molar-refractivity contribution in [3.8, 4) is 11.1 Å². The van der Waals surface area contributed by atoms with Gasteiger partial charge >= 0.3 is 12.1 Å². The molecule has 0 radical (unpaired) electrons. The van der Waals surface area contributed by atoms with Gasteiger partial charge in [-0.3, -0.25) is 4.79 Å². The number of carbonyl (C=O) groups is 3. The maximum Gasteiger partial charge on any atom is 0.407 e. The maximum absolute atomic E-state index is 12.8. The third-order valence-corrected chi connectivity index (χ3v) is 5.94. The molecule has 2 amide bonds. The average Bonchev–Trinajstić information content (AvgIpc) is 3.16. The summed E-state index contributed by atoms with van der Waals surface area (Å²) in [5, 5.41) is 14.6. The number of nitrogens with one attached hydrogen (secondary N) is 2. The molecular formula is C27H26N2O5. The lowest BCUT2D eigenvalue weighted by molar-refractivity contribution is -0.118. The van der Waals surface area contributed by atoms with Gasteiger partial charge in [0.1, 0.15) is 12.6 Å². The van der Waals surface area contributed by atoms with Crippen LogP contribution >= 0.6 is 0 Å². The molecule has 0 bridgehead atoms. The molecule has 1 aliphatic rings. The quantitative estimate of drug-likeness (QED) is 0.439. The predicted octanol–water partition coefficient (Wildman–Crippen LogP) is 5.03. The standard InChI is InChI=1S/C27H26N2O5/c1-2-9-24(25(30)28-23-15-8-7-14-21(23)26(31)32)29-27(33)34-16-22-19-12-5-3-10-17(19)18-11-4-6-13-20(18)22/h3-8,10-15,22,24H,2,9,16H2,1H3,(H,28,30)(H,29,33)(H,31,32)/t24-/m1/s1. The lowest BCUT2D eigenvalue weighted by Gasteiger charge is -2.20. The van der Waals surface area contributed by atoms with E-state index in [0.717, 1.165) is 22.3 Å². The average molecular weight is 459 g/mol. The molecule has 0 saturated carbocycles. The van der Waals surface area contributed by atoms with Gasteiger partial charge in [-0.15, -0.1) is 0 Å². The Kier molecular flexibility index (Phi) is 6.92. The van der Waals surface area contributed by atoms with Gasteiger partial charge in [-0.05, 0) is 40.8 Å². The molecule has 0 unspecified atom stereocenters. The Balaban J connectivity index is 1.42. The lowest BCUT2D eigenvalue weighted by Crippen LogP contribution is -2.44. The van der Waals surface area contributed by atoms with Gasteiger partial charge < -0.3 is 20.5 Å². The van der Waals surface area contributed by atoms with Crippen molar-refractivity contribution >= 4 is 23.7 Å². The summed E-state index contributed by atoms with van der Waals surface area (Å²) in [6, 6.07) is 21.4. The largest absolute Gasteiger partial charge is 0.478 e. The van der Waals surface area contributed by atoms with Crippen molar-refractivity contribution < 1.29 is 24.2 Å². The van der Waals surface area contributed by atoms with Crippen LogP contribution < -0.4 is 10.6 Å². The molecule has 0 aliphatic heterocycles. The first-order valence-electron chi connectivity index (χ1n) is 11.2. The van der Waals surface area contributed by atoms with Crippen LogP contribution in [0, 0.1) is 0 Å². The predicted molar refractivity (Wildman–Crippen MR) is 129 cm³/mol. The molecule has 7 heteroatoms. The third kappa shape index (κ3) is 4.78. The lowest BCUT2D eigenvalue weighted by atomic mass is 9.98. The van der Waals surface area contributed by atoms with Gasteiger partial charge in [0.05, 0.1) is 11.3 Å². The number of amides is 2. The van der Waals surface area contributed by atoms with Crippen LogP contribution in [0.4, 0.5) is 10.5 Å². The zero-order valence-electron chi connectivity index (χ0n) is 18.8. The van der Waals surface area contributed by atoms with E-state index in [1.165, 1.54) is 12.1 Å². The monoisotopic (exact) mass is 458 g/mol. The van der Waals surface area contributed by atoms with Crippen LogP contribution in [-0.4, -0.2) is 35.7 Å². The number of carbonyl (C=O) groups excluding carboxylic acids is 2. The summed E-state index contributed by atoms with van der Waals surface area (Å²) in [6.07, 6.45) is 0.329. The minimum absolute atomic E-state index is 0.0211. The van der Waals surface area contributed by atoms with E-state index in [2.05, 4.69) is 22.8 Å². The Morgan fingerprint density at radius 2 is 1.50 bits per heavy atom. The fraction of sp³-hybridized carbons (Fsp3) is 0.222. The second-order valence-corrected chi connectivity index (χ2v) is 8.15. The summed E-state index contributed by atoms with van der Waals surface area (Å²) < 4.78 is 5.55. The van der Waals surface area contributed by atoms with Crippen LogP contribution in [0.3, 0.4) is 0 Å². The SMILES string of the molecule is CCC[C@@H](NC(=O)OCC1c2ccccc2-c2ccccc21)C(=O)Nc1ccccc1C(=O)O. The van der Waals surface area contributed by atoms with E-state index in [0.29, 0.717) is 12.8 Å². The highest BCUT2D eigenvalue weighted by Gasteiger charge is 2.30. The zero-order chi connectivity index (χ0) is 24.1. The number of carboxylic acid groups (broad SMARTS) is 1. The molecule has 3 aromatic carbocycles. The molecule has 0 heterocycles. The summed E-state index contributed by atoms with van der Waals surface area (Å²) in [4.78, 5) is 36.9. The van der Waals surface area contributed by atoms with Gasteiger partial charge in [0.15, 0.2) is 0 Å². The fourth-order valence-electron chi connectivity index (χ4n) is 4.34. The van der Waals surface area contributed by atoms with Crippen molar-refractivity contribution in [1.29, 1.82) is 0 Å². The minimum Gasteiger partial charge on any atom is -0.478 e. The second-order valence-electron chi connectivity index (χ2n) is 8.15. The highest BCUT2D eigenvalue weighted by molar-refractivity contribution is 6.02. The number of ether oxygens (including phenoxy) is 1. The molecule has 0 spiro atoms. The first-order valence-corrected chi connectivity index (χ1v) is 11.2. The molecule has 3 aromatic rings. The van der Waals surface area contributed by atoms with Gasteiger partial charge in [0.2, 0.25) is 5.91 Å². The van der Waals surface area contributed by atoms with Crippen molar-refractivity contribution in [1.82, 2.24) is 5.32 Å². The highest BCUT2D eigenvalue weighted by Crippen LogP contribution is 2.44. The number of para-hydroxylation sites is 1. The van der Waals surface area contributed by atoms with Gasteiger partial charge in [0.25, 0.3) is 0 Å². The van der Waals surface area contributed by atoms with E-state index in [1.54, 1.807) is 12.1 Å². The van der Waals surface area contributed by atoms with Crippen LogP contribution in [0.1, 0.15) is 47.2 Å². The van der Waals surface area contributed by atoms with E-state index >= 15 is 0 Å². The molecule has 174 valence electrons. The van der Waals surface area contributed by atoms with Crippen molar-refractivity contribution in [3.63, 3.8) is 0 Å². The van der Waals surface area contributed by atoms with E-state index in [-0.39, 0.29) is 23.8 Å². The van der Waals surface area contributed by atoms with Gasteiger partial charge in [0, 0.05) is 5.92 Å². The number of hydrogen-bond donors (Lipinski definition) is 3. The molecule has 0 saturated heterocycles. The van der Waals surface area contributed by atoms with Gasteiger partial charge in [-0.1, -0.05) is 74.0 Å². The van der Waals surface area contributed by atoms with Crippen LogP contribution in [-0.2, 0) is 9.53 Å². The zero-order valence-corrected chi connectivity index (χ0v) is 18.8. The van der Waals surface area contributed by atoms with E-state index in [1.807, 2.05) is 43.3 Å². The number of aromatic carboxylic acids is 1. The minimum atomic E-state index is -1.15. The highest BCUT2D eigenvalue weighted by atomic mass is 16.5. The topological polar surface area (TPSA) is 105 Å². The fourth-order valence-corrected chi connectivity index (χ4v) is 4.34. The van der Waals surface area contributed by atoms with E-state index < -0.39 is 24.0 Å². The van der Waals surface area contributed by atoms with Crippen molar-refractivity contribution in [2.24, 2.45) is 0 Å². The summed E-state index contributed by atoms with van der Waals surface area (Å²) in [7, 11) is 0. The number of fused-ring (bicyclic) bond motifs is 3. The second kappa shape index (κ2) is 10.2. The van der Waals surface area contributed by atoms with Gasteiger partial charge in [-0.25, -0.2) is 9.59 Å². The molecule has 3 N–H and O–H groups in total. The molecule has 1 atom stereocenters. The molecule has 1 aliphatic carbocycles. The van der Waals surface area contributed by atoms with Crippen LogP contribution in [0.15, 0.2) is 72.8 Å². The van der Waals surface area contributed by atoms with Crippen molar-refractivity contribution in [2.45, 2.75) is 31.7 Å². The maximum atomic E-state index is 12.8. The molecule has 0 fully saturated rings. The normalized spacial score (nSPS) is 12.9. The Bertz CT molecular complexity index is 1180. The Morgan fingerprint density at radius 3 is 2.12 bits per heavy atom. The molecule has 0 aromatic heterocycles. The Morgan fingerprint density at radius 1 is 0.912 bits per heavy atom. The summed E-state index contributed by atoms with van der Waals surface area (Å²) in [5.74, 6) is -1.73. The smallest absolute Gasteiger partial charge is 0.407 e. The number of alkyl carbamates (subject to hydrolysis) is 1. The number of hydrogen-bond acceptors (Lipinski definition) is 4. The van der Waals surface area contributed by atoms with E-state index in [4.69, 9.17) is 4.74 Å². The van der Waals surface area contributed by atoms with Crippen LogP contribution in [0.2, 0.25) is 0 Å². The first-order chi connectivity index (χ1) is 16.5. The number of anilines is 1. The molecular weight excluding hydrogens is 432 g/mol. The molecule has 4 rings (SSSR count).